The maximum atomic E-state index is 12.0. The van der Waals surface area contributed by atoms with E-state index in [2.05, 4.69) is 10.9 Å². The van der Waals surface area contributed by atoms with E-state index in [1.807, 2.05) is 45.0 Å². The highest BCUT2D eigenvalue weighted by atomic mass is 16.5. The molecule has 0 unspecified atom stereocenters. The van der Waals surface area contributed by atoms with Crippen molar-refractivity contribution >= 4 is 11.8 Å². The molecule has 0 aliphatic carbocycles. The van der Waals surface area contributed by atoms with Crippen molar-refractivity contribution in [3.8, 4) is 11.5 Å². The van der Waals surface area contributed by atoms with Gasteiger partial charge in [0.25, 0.3) is 11.8 Å². The van der Waals surface area contributed by atoms with Crippen LogP contribution < -0.4 is 20.3 Å². The summed E-state index contributed by atoms with van der Waals surface area (Å²) in [7, 11) is 0. The molecule has 0 bridgehead atoms. The molecule has 6 nitrogen and oxygen atoms in total. The molecule has 138 valence electrons. The van der Waals surface area contributed by atoms with Crippen LogP contribution in [0.1, 0.15) is 23.6 Å². The predicted octanol–water partition coefficient (Wildman–Crippen LogP) is 2.61. The zero-order chi connectivity index (χ0) is 19.1. The number of rotatable bonds is 6. The smallest absolute Gasteiger partial charge is 0.279 e. The molecule has 2 aromatic carbocycles. The zero-order valence-corrected chi connectivity index (χ0v) is 15.5. The average Bonchev–Trinajstić information content (AvgIpc) is 2.62. The van der Waals surface area contributed by atoms with E-state index in [1.165, 1.54) is 0 Å². The van der Waals surface area contributed by atoms with Gasteiger partial charge in [-0.2, -0.15) is 0 Å². The standard InChI is InChI=1S/C20H24N2O4/c1-13-5-8-17(9-6-13)26-16(4)20(24)22-21-19(23)12-25-18-10-7-14(2)15(3)11-18/h5-11,16H,12H2,1-4H3,(H,21,23)(H,22,24)/t16-/m0/s1. The molecular weight excluding hydrogens is 332 g/mol. The first-order chi connectivity index (χ1) is 12.3. The quantitative estimate of drug-likeness (QED) is 0.780. The lowest BCUT2D eigenvalue weighted by atomic mass is 10.1. The zero-order valence-electron chi connectivity index (χ0n) is 15.5. The molecule has 0 heterocycles. The third-order valence-corrected chi connectivity index (χ3v) is 3.88. The monoisotopic (exact) mass is 356 g/mol. The molecule has 2 aromatic rings. The molecule has 26 heavy (non-hydrogen) atoms. The summed E-state index contributed by atoms with van der Waals surface area (Å²) < 4.78 is 10.9. The van der Waals surface area contributed by atoms with E-state index >= 15 is 0 Å². The van der Waals surface area contributed by atoms with Crippen molar-refractivity contribution < 1.29 is 19.1 Å². The van der Waals surface area contributed by atoms with Crippen molar-refractivity contribution in [2.75, 3.05) is 6.61 Å². The van der Waals surface area contributed by atoms with E-state index < -0.39 is 17.9 Å². The van der Waals surface area contributed by atoms with Gasteiger partial charge in [0.05, 0.1) is 0 Å². The molecule has 0 saturated heterocycles. The Morgan fingerprint density at radius 1 is 0.923 bits per heavy atom. The van der Waals surface area contributed by atoms with Crippen molar-refractivity contribution in [1.29, 1.82) is 0 Å². The number of carbonyl (C=O) groups is 2. The van der Waals surface area contributed by atoms with Crippen LogP contribution in [0.2, 0.25) is 0 Å². The number of amides is 2. The minimum Gasteiger partial charge on any atom is -0.484 e. The van der Waals surface area contributed by atoms with Crippen molar-refractivity contribution in [2.24, 2.45) is 0 Å². The van der Waals surface area contributed by atoms with E-state index in [1.54, 1.807) is 25.1 Å². The van der Waals surface area contributed by atoms with Gasteiger partial charge in [-0.3, -0.25) is 20.4 Å². The fourth-order valence-electron chi connectivity index (χ4n) is 2.10. The second kappa shape index (κ2) is 8.89. The normalized spacial score (nSPS) is 11.4. The number of carbonyl (C=O) groups excluding carboxylic acids is 2. The van der Waals surface area contributed by atoms with Crippen LogP contribution in [0.15, 0.2) is 42.5 Å². The summed E-state index contributed by atoms with van der Waals surface area (Å²) in [5.41, 5.74) is 7.97. The number of benzene rings is 2. The summed E-state index contributed by atoms with van der Waals surface area (Å²) in [5.74, 6) is 0.275. The number of nitrogens with one attached hydrogen (secondary N) is 2. The molecule has 2 N–H and O–H groups in total. The Balaban J connectivity index is 1.74. The summed E-state index contributed by atoms with van der Waals surface area (Å²) in [6.45, 7) is 7.34. The molecule has 1 atom stereocenters. The third kappa shape index (κ3) is 5.81. The maximum absolute atomic E-state index is 12.0. The topological polar surface area (TPSA) is 76.7 Å². The van der Waals surface area contributed by atoms with Gasteiger partial charge in [0.1, 0.15) is 11.5 Å². The summed E-state index contributed by atoms with van der Waals surface area (Å²) in [6.07, 6.45) is -0.751. The van der Waals surface area contributed by atoms with Crippen LogP contribution in [0.4, 0.5) is 0 Å². The van der Waals surface area contributed by atoms with Crippen molar-refractivity contribution in [1.82, 2.24) is 10.9 Å². The predicted molar refractivity (Wildman–Crippen MR) is 99.0 cm³/mol. The second-order valence-corrected chi connectivity index (χ2v) is 6.15. The lowest BCUT2D eigenvalue weighted by molar-refractivity contribution is -0.133. The Morgan fingerprint density at radius 3 is 2.23 bits per heavy atom. The highest BCUT2D eigenvalue weighted by molar-refractivity contribution is 5.85. The number of ether oxygens (including phenoxy) is 2. The van der Waals surface area contributed by atoms with Gasteiger partial charge in [-0.05, 0) is 63.1 Å². The lowest BCUT2D eigenvalue weighted by Crippen LogP contribution is -2.48. The first-order valence-corrected chi connectivity index (χ1v) is 8.37. The maximum Gasteiger partial charge on any atom is 0.279 e. The van der Waals surface area contributed by atoms with E-state index in [9.17, 15) is 9.59 Å². The van der Waals surface area contributed by atoms with E-state index in [0.717, 1.165) is 16.7 Å². The van der Waals surface area contributed by atoms with E-state index in [-0.39, 0.29) is 6.61 Å². The van der Waals surface area contributed by atoms with Crippen LogP contribution in [-0.4, -0.2) is 24.5 Å². The number of aryl methyl sites for hydroxylation is 3. The highest BCUT2D eigenvalue weighted by Crippen LogP contribution is 2.16. The summed E-state index contributed by atoms with van der Waals surface area (Å²) in [5, 5.41) is 0. The first kappa shape index (κ1) is 19.3. The van der Waals surface area contributed by atoms with Crippen LogP contribution in [0.5, 0.6) is 11.5 Å². The van der Waals surface area contributed by atoms with Crippen LogP contribution in [-0.2, 0) is 9.59 Å². The molecule has 0 saturated carbocycles. The largest absolute Gasteiger partial charge is 0.484 e. The minimum atomic E-state index is -0.751. The SMILES string of the molecule is Cc1ccc(O[C@@H](C)C(=O)NNC(=O)COc2ccc(C)c(C)c2)cc1. The van der Waals surface area contributed by atoms with Gasteiger partial charge < -0.3 is 9.47 Å². The second-order valence-electron chi connectivity index (χ2n) is 6.15. The van der Waals surface area contributed by atoms with E-state index in [0.29, 0.717) is 11.5 Å². The molecule has 0 aliphatic rings. The first-order valence-electron chi connectivity index (χ1n) is 8.37. The van der Waals surface area contributed by atoms with Gasteiger partial charge in [-0.15, -0.1) is 0 Å². The van der Waals surface area contributed by atoms with Crippen LogP contribution >= 0.6 is 0 Å². The van der Waals surface area contributed by atoms with Gasteiger partial charge in [0, 0.05) is 0 Å². The summed E-state index contributed by atoms with van der Waals surface area (Å²) in [4.78, 5) is 23.8. The number of hydrogen-bond acceptors (Lipinski definition) is 4. The molecule has 2 amide bonds. The fraction of sp³-hybridized carbons (Fsp3) is 0.300. The number of hydrogen-bond donors (Lipinski definition) is 2. The Hall–Kier alpha value is -3.02. The molecular formula is C20H24N2O4. The highest BCUT2D eigenvalue weighted by Gasteiger charge is 2.15. The summed E-state index contributed by atoms with van der Waals surface area (Å²) >= 11 is 0. The molecule has 2 rings (SSSR count). The van der Waals surface area contributed by atoms with Crippen LogP contribution in [0, 0.1) is 20.8 Å². The Labute approximate surface area is 153 Å². The van der Waals surface area contributed by atoms with E-state index in [4.69, 9.17) is 9.47 Å². The molecule has 0 fully saturated rings. The number of hydrazine groups is 1. The molecule has 6 heteroatoms. The van der Waals surface area contributed by atoms with Gasteiger partial charge in [0.15, 0.2) is 12.7 Å². The van der Waals surface area contributed by atoms with Crippen molar-refractivity contribution in [3.05, 3.63) is 59.2 Å². The molecule has 0 aliphatic heterocycles. The van der Waals surface area contributed by atoms with Gasteiger partial charge in [-0.1, -0.05) is 23.8 Å². The van der Waals surface area contributed by atoms with Crippen LogP contribution in [0.25, 0.3) is 0 Å². The van der Waals surface area contributed by atoms with Crippen molar-refractivity contribution in [3.63, 3.8) is 0 Å². The Bertz CT molecular complexity index is 772. The lowest BCUT2D eigenvalue weighted by Gasteiger charge is -2.15. The Morgan fingerprint density at radius 2 is 1.58 bits per heavy atom. The fourth-order valence-corrected chi connectivity index (χ4v) is 2.10. The minimum absolute atomic E-state index is 0.198. The Kier molecular flexibility index (Phi) is 6.60. The molecule has 0 aromatic heterocycles. The summed E-state index contributed by atoms with van der Waals surface area (Å²) in [6, 6.07) is 12.9. The molecule has 0 spiro atoms. The third-order valence-electron chi connectivity index (χ3n) is 3.88. The van der Waals surface area contributed by atoms with Gasteiger partial charge in [0.2, 0.25) is 0 Å². The average molecular weight is 356 g/mol. The van der Waals surface area contributed by atoms with Crippen molar-refractivity contribution in [2.45, 2.75) is 33.8 Å². The van der Waals surface area contributed by atoms with Gasteiger partial charge >= 0.3 is 0 Å². The molecule has 0 radical (unpaired) electrons. The van der Waals surface area contributed by atoms with Crippen LogP contribution in [0.3, 0.4) is 0 Å². The van der Waals surface area contributed by atoms with Gasteiger partial charge in [-0.25, -0.2) is 0 Å².